The molecule has 1 aromatic rings. The van der Waals surface area contributed by atoms with Crippen molar-refractivity contribution >= 4 is 5.78 Å². The van der Waals surface area contributed by atoms with E-state index in [1.807, 2.05) is 6.26 Å². The third-order valence-electron chi connectivity index (χ3n) is 4.75. The quantitative estimate of drug-likeness (QED) is 0.452. The van der Waals surface area contributed by atoms with Crippen LogP contribution in [0.5, 0.6) is 0 Å². The first-order chi connectivity index (χ1) is 11.9. The lowest BCUT2D eigenvalue weighted by Crippen LogP contribution is -2.13. The highest BCUT2D eigenvalue weighted by Gasteiger charge is 2.26. The van der Waals surface area contributed by atoms with E-state index in [1.165, 1.54) is 18.4 Å². The van der Waals surface area contributed by atoms with Gasteiger partial charge in [0.05, 0.1) is 13.4 Å². The molecule has 1 aliphatic rings. The Balaban J connectivity index is 1.87. The highest BCUT2D eigenvalue weighted by molar-refractivity contribution is 5.96. The Morgan fingerprint density at radius 1 is 1.24 bits per heavy atom. The standard InChI is InChI=1S/C20H25F3O2/c1-25-14-18-5-3-2-4-16(18)10-11-19(24)17-8-6-15(7-9-17)12-13-20(21,22)23/h6-9,14,16H,2-5,10-13H2,1H3/b18-14-/t16-/m1/s1. The van der Waals surface area contributed by atoms with Crippen LogP contribution in [-0.2, 0) is 11.2 Å². The fourth-order valence-electron chi connectivity index (χ4n) is 3.34. The molecule has 0 spiro atoms. The van der Waals surface area contributed by atoms with Crippen molar-refractivity contribution < 1.29 is 22.7 Å². The molecule has 0 saturated heterocycles. The summed E-state index contributed by atoms with van der Waals surface area (Å²) in [4.78, 5) is 12.3. The predicted molar refractivity (Wildman–Crippen MR) is 91.4 cm³/mol. The van der Waals surface area contributed by atoms with Crippen molar-refractivity contribution in [2.45, 2.75) is 57.5 Å². The smallest absolute Gasteiger partial charge is 0.389 e. The molecule has 0 aromatic heterocycles. The van der Waals surface area contributed by atoms with E-state index in [0.29, 0.717) is 23.5 Å². The zero-order valence-electron chi connectivity index (χ0n) is 14.6. The number of methoxy groups -OCH3 is 1. The van der Waals surface area contributed by atoms with Crippen LogP contribution in [0.4, 0.5) is 13.2 Å². The summed E-state index contributed by atoms with van der Waals surface area (Å²) in [6, 6.07) is 6.52. The molecule has 138 valence electrons. The predicted octanol–water partition coefficient (Wildman–Crippen LogP) is 5.86. The molecule has 2 rings (SSSR count). The molecular weight excluding hydrogens is 329 g/mol. The Morgan fingerprint density at radius 3 is 2.60 bits per heavy atom. The van der Waals surface area contributed by atoms with Crippen LogP contribution in [-0.4, -0.2) is 19.1 Å². The minimum absolute atomic E-state index is 0.0460. The SMILES string of the molecule is CO/C=C1/CCCC[C@@H]1CCC(=O)c1ccc(CCC(F)(F)F)cc1. The summed E-state index contributed by atoms with van der Waals surface area (Å²) in [5.41, 5.74) is 2.46. The van der Waals surface area contributed by atoms with Gasteiger partial charge in [0.25, 0.3) is 0 Å². The summed E-state index contributed by atoms with van der Waals surface area (Å²) >= 11 is 0. The van der Waals surface area contributed by atoms with Crippen LogP contribution >= 0.6 is 0 Å². The van der Waals surface area contributed by atoms with E-state index in [9.17, 15) is 18.0 Å². The number of ether oxygens (including phenoxy) is 1. The molecule has 0 radical (unpaired) electrons. The molecule has 0 heterocycles. The number of carbonyl (C=O) groups excluding carboxylic acids is 1. The van der Waals surface area contributed by atoms with E-state index < -0.39 is 12.6 Å². The second-order valence-corrected chi connectivity index (χ2v) is 6.65. The molecule has 25 heavy (non-hydrogen) atoms. The molecule has 0 amide bonds. The molecule has 1 atom stereocenters. The molecule has 0 N–H and O–H groups in total. The van der Waals surface area contributed by atoms with Gasteiger partial charge in [-0.05, 0) is 49.2 Å². The number of Topliss-reactive ketones (excluding diaryl/α,β-unsaturated/α-hetero) is 1. The lowest BCUT2D eigenvalue weighted by atomic mass is 9.81. The first kappa shape index (κ1) is 19.5. The number of rotatable bonds is 7. The maximum absolute atomic E-state index is 12.3. The number of halogens is 3. The van der Waals surface area contributed by atoms with Gasteiger partial charge in [0, 0.05) is 18.4 Å². The topological polar surface area (TPSA) is 26.3 Å². The van der Waals surface area contributed by atoms with E-state index in [2.05, 4.69) is 0 Å². The second kappa shape index (κ2) is 9.07. The third-order valence-corrected chi connectivity index (χ3v) is 4.75. The van der Waals surface area contributed by atoms with Gasteiger partial charge in [-0.15, -0.1) is 0 Å². The molecule has 1 saturated carbocycles. The van der Waals surface area contributed by atoms with Crippen molar-refractivity contribution in [1.29, 1.82) is 0 Å². The Kier molecular flexibility index (Phi) is 7.09. The van der Waals surface area contributed by atoms with Gasteiger partial charge in [-0.1, -0.05) is 30.7 Å². The van der Waals surface area contributed by atoms with Gasteiger partial charge in [-0.25, -0.2) is 0 Å². The molecule has 1 aliphatic carbocycles. The number of ketones is 1. The van der Waals surface area contributed by atoms with Gasteiger partial charge in [0.1, 0.15) is 0 Å². The first-order valence-corrected chi connectivity index (χ1v) is 8.79. The monoisotopic (exact) mass is 354 g/mol. The number of aryl methyl sites for hydroxylation is 1. The van der Waals surface area contributed by atoms with Gasteiger partial charge in [-0.3, -0.25) is 4.79 Å². The average Bonchev–Trinajstić information content (AvgIpc) is 2.59. The Bertz CT molecular complexity index is 588. The minimum Gasteiger partial charge on any atom is -0.504 e. The van der Waals surface area contributed by atoms with Crippen LogP contribution in [0.1, 0.15) is 60.9 Å². The van der Waals surface area contributed by atoms with E-state index >= 15 is 0 Å². The normalized spacial score (nSPS) is 19.8. The molecular formula is C20H25F3O2. The van der Waals surface area contributed by atoms with Crippen LogP contribution in [0.3, 0.4) is 0 Å². The number of alkyl halides is 3. The maximum atomic E-state index is 12.3. The van der Waals surface area contributed by atoms with Crippen LogP contribution < -0.4 is 0 Å². The summed E-state index contributed by atoms with van der Waals surface area (Å²) in [6.07, 6.45) is 2.47. The zero-order valence-corrected chi connectivity index (χ0v) is 14.6. The number of allylic oxidation sites excluding steroid dienone is 1. The minimum atomic E-state index is -4.15. The lowest BCUT2D eigenvalue weighted by molar-refractivity contribution is -0.134. The molecule has 1 aromatic carbocycles. The Morgan fingerprint density at radius 2 is 1.96 bits per heavy atom. The van der Waals surface area contributed by atoms with Crippen molar-refractivity contribution in [3.05, 3.63) is 47.2 Å². The summed E-state index contributed by atoms with van der Waals surface area (Å²) < 4.78 is 41.9. The lowest BCUT2D eigenvalue weighted by Gasteiger charge is -2.24. The summed E-state index contributed by atoms with van der Waals surface area (Å²) in [5, 5.41) is 0. The molecule has 0 unspecified atom stereocenters. The van der Waals surface area contributed by atoms with Gasteiger partial charge < -0.3 is 4.74 Å². The van der Waals surface area contributed by atoms with E-state index in [1.54, 1.807) is 31.4 Å². The summed E-state index contributed by atoms with van der Waals surface area (Å²) in [6.45, 7) is 0. The fourth-order valence-corrected chi connectivity index (χ4v) is 3.34. The largest absolute Gasteiger partial charge is 0.504 e. The summed E-state index contributed by atoms with van der Waals surface area (Å²) in [5.74, 6) is 0.438. The average molecular weight is 354 g/mol. The van der Waals surface area contributed by atoms with Crippen molar-refractivity contribution in [1.82, 2.24) is 0 Å². The van der Waals surface area contributed by atoms with Crippen LogP contribution in [0.2, 0.25) is 0 Å². The highest BCUT2D eigenvalue weighted by Crippen LogP contribution is 2.33. The van der Waals surface area contributed by atoms with Gasteiger partial charge in [-0.2, -0.15) is 13.2 Å². The van der Waals surface area contributed by atoms with Crippen molar-refractivity contribution in [2.75, 3.05) is 7.11 Å². The van der Waals surface area contributed by atoms with Gasteiger partial charge in [0.15, 0.2) is 5.78 Å². The highest BCUT2D eigenvalue weighted by atomic mass is 19.4. The number of hydrogen-bond donors (Lipinski definition) is 0. The van der Waals surface area contributed by atoms with E-state index in [-0.39, 0.29) is 12.2 Å². The van der Waals surface area contributed by atoms with Crippen molar-refractivity contribution in [3.8, 4) is 0 Å². The maximum Gasteiger partial charge on any atom is 0.389 e. The molecule has 2 nitrogen and oxygen atoms in total. The second-order valence-electron chi connectivity index (χ2n) is 6.65. The summed E-state index contributed by atoms with van der Waals surface area (Å²) in [7, 11) is 1.64. The Hall–Kier alpha value is -1.78. The molecule has 5 heteroatoms. The van der Waals surface area contributed by atoms with Gasteiger partial charge in [0.2, 0.25) is 0 Å². The fraction of sp³-hybridized carbons (Fsp3) is 0.550. The van der Waals surface area contributed by atoms with Crippen LogP contribution in [0.15, 0.2) is 36.1 Å². The van der Waals surface area contributed by atoms with Crippen molar-refractivity contribution in [2.24, 2.45) is 5.92 Å². The van der Waals surface area contributed by atoms with Crippen LogP contribution in [0, 0.1) is 5.92 Å². The number of benzene rings is 1. The molecule has 0 bridgehead atoms. The Labute approximate surface area is 147 Å². The number of hydrogen-bond acceptors (Lipinski definition) is 2. The molecule has 0 aliphatic heterocycles. The van der Waals surface area contributed by atoms with Crippen LogP contribution in [0.25, 0.3) is 0 Å². The zero-order chi connectivity index (χ0) is 18.3. The van der Waals surface area contributed by atoms with E-state index in [4.69, 9.17) is 4.74 Å². The van der Waals surface area contributed by atoms with Crippen molar-refractivity contribution in [3.63, 3.8) is 0 Å². The number of carbonyl (C=O) groups is 1. The first-order valence-electron chi connectivity index (χ1n) is 8.79. The third kappa shape index (κ3) is 6.56. The molecule has 1 fully saturated rings. The van der Waals surface area contributed by atoms with Gasteiger partial charge >= 0.3 is 6.18 Å². The van der Waals surface area contributed by atoms with E-state index in [0.717, 1.165) is 19.3 Å².